The van der Waals surface area contributed by atoms with E-state index in [9.17, 15) is 23.1 Å². The fourth-order valence-corrected chi connectivity index (χ4v) is 5.60. The summed E-state index contributed by atoms with van der Waals surface area (Å²) in [7, 11) is 0. The number of halogens is 3. The van der Waals surface area contributed by atoms with Gasteiger partial charge in [0.1, 0.15) is 11.9 Å². The second-order valence-corrected chi connectivity index (χ2v) is 10.6. The molecular weight excluding hydrogens is 539 g/mol. The van der Waals surface area contributed by atoms with Crippen molar-refractivity contribution >= 4 is 23.8 Å². The van der Waals surface area contributed by atoms with Crippen LogP contribution in [0, 0.1) is 12.3 Å². The molecule has 4 N–H and O–H groups in total. The third-order valence-corrected chi connectivity index (χ3v) is 7.71. The maximum Gasteiger partial charge on any atom is 0.429 e. The van der Waals surface area contributed by atoms with E-state index in [1.807, 2.05) is 4.90 Å². The van der Waals surface area contributed by atoms with E-state index in [1.54, 1.807) is 50.4 Å². The molecule has 2 saturated heterocycles. The average Bonchev–Trinajstić information content (AvgIpc) is 3.53. The van der Waals surface area contributed by atoms with Gasteiger partial charge in [-0.1, -0.05) is 18.2 Å². The van der Waals surface area contributed by atoms with E-state index in [0.29, 0.717) is 56.0 Å². The number of nitrogens with zero attached hydrogens (tertiary/aromatic N) is 5. The summed E-state index contributed by atoms with van der Waals surface area (Å²) < 4.78 is 50.8. The topological polar surface area (TPSA) is 131 Å². The lowest BCUT2D eigenvalue weighted by Gasteiger charge is -2.39. The molecule has 2 atom stereocenters. The Balaban J connectivity index is 1.43. The molecule has 1 aromatic carbocycles. The number of anilines is 2. The minimum atomic E-state index is -4.79. The van der Waals surface area contributed by atoms with Crippen LogP contribution in [0.15, 0.2) is 42.6 Å². The van der Waals surface area contributed by atoms with Gasteiger partial charge in [0.15, 0.2) is 0 Å². The molecule has 41 heavy (non-hydrogen) atoms. The molecule has 0 radical (unpaired) electrons. The SMILES string of the molecule is C/C=C/c1ccc(-n2ccc(C)n2)c([C@@H](Oc2cc(N3CCC4(CC3)CNC(C(=O)O)C4)nc(N)n2)C(F)(F)F)c1. The molecule has 5 rings (SSSR count). The minimum absolute atomic E-state index is 0.128. The van der Waals surface area contributed by atoms with E-state index in [2.05, 4.69) is 20.4 Å². The maximum atomic E-state index is 14.6. The van der Waals surface area contributed by atoms with Crippen molar-refractivity contribution in [3.05, 3.63) is 59.4 Å². The number of rotatable bonds is 7. The van der Waals surface area contributed by atoms with E-state index in [-0.39, 0.29) is 28.5 Å². The molecule has 3 aromatic rings. The van der Waals surface area contributed by atoms with Crippen molar-refractivity contribution in [2.45, 2.75) is 51.4 Å². The van der Waals surface area contributed by atoms with Crippen LogP contribution in [0.1, 0.15) is 49.1 Å². The lowest BCUT2D eigenvalue weighted by Crippen LogP contribution is -2.41. The van der Waals surface area contributed by atoms with Crippen LogP contribution >= 0.6 is 0 Å². The summed E-state index contributed by atoms with van der Waals surface area (Å²) in [5, 5.41) is 16.7. The quantitative estimate of drug-likeness (QED) is 0.380. The van der Waals surface area contributed by atoms with Crippen LogP contribution in [0.5, 0.6) is 5.88 Å². The number of benzene rings is 1. The summed E-state index contributed by atoms with van der Waals surface area (Å²) in [4.78, 5) is 21.6. The van der Waals surface area contributed by atoms with Gasteiger partial charge in [0.2, 0.25) is 17.9 Å². The number of aromatic nitrogens is 4. The molecule has 10 nitrogen and oxygen atoms in total. The molecule has 2 fully saturated rings. The number of piperidine rings is 1. The molecule has 13 heteroatoms. The fourth-order valence-electron chi connectivity index (χ4n) is 5.60. The summed E-state index contributed by atoms with van der Waals surface area (Å²) in [5.41, 5.74) is 7.12. The van der Waals surface area contributed by atoms with Crippen molar-refractivity contribution in [3.63, 3.8) is 0 Å². The van der Waals surface area contributed by atoms with E-state index in [0.717, 1.165) is 0 Å². The third kappa shape index (κ3) is 6.14. The summed E-state index contributed by atoms with van der Waals surface area (Å²) in [6.45, 7) is 5.23. The largest absolute Gasteiger partial charge is 0.480 e. The molecular formula is C28H32F3N7O3. The predicted molar refractivity (Wildman–Crippen MR) is 147 cm³/mol. The number of hydrogen-bond acceptors (Lipinski definition) is 8. The van der Waals surface area contributed by atoms with Gasteiger partial charge in [0, 0.05) is 37.5 Å². The molecule has 2 aliphatic heterocycles. The van der Waals surface area contributed by atoms with Crippen LogP contribution in [0.2, 0.25) is 0 Å². The first-order chi connectivity index (χ1) is 19.5. The highest BCUT2D eigenvalue weighted by molar-refractivity contribution is 5.74. The molecule has 0 amide bonds. The molecule has 2 aliphatic rings. The molecule has 1 unspecified atom stereocenters. The number of nitrogens with one attached hydrogen (secondary N) is 1. The summed E-state index contributed by atoms with van der Waals surface area (Å²) in [5.74, 6) is -1.02. The summed E-state index contributed by atoms with van der Waals surface area (Å²) in [6, 6.07) is 7.23. The van der Waals surface area contributed by atoms with Crippen molar-refractivity contribution in [1.82, 2.24) is 25.1 Å². The van der Waals surface area contributed by atoms with Crippen LogP contribution in [0.4, 0.5) is 24.9 Å². The Hall–Kier alpha value is -4.13. The van der Waals surface area contributed by atoms with Gasteiger partial charge in [-0.2, -0.15) is 28.2 Å². The van der Waals surface area contributed by atoms with Gasteiger partial charge < -0.3 is 25.8 Å². The Morgan fingerprint density at radius 2 is 2.00 bits per heavy atom. The number of nitrogens with two attached hydrogens (primary N) is 1. The number of allylic oxidation sites excluding steroid dienone is 1. The monoisotopic (exact) mass is 571 g/mol. The zero-order valence-electron chi connectivity index (χ0n) is 22.7. The maximum absolute atomic E-state index is 14.6. The van der Waals surface area contributed by atoms with E-state index in [4.69, 9.17) is 10.5 Å². The highest BCUT2D eigenvalue weighted by Crippen LogP contribution is 2.42. The van der Waals surface area contributed by atoms with Gasteiger partial charge in [0.05, 0.1) is 11.4 Å². The average molecular weight is 572 g/mol. The highest BCUT2D eigenvalue weighted by atomic mass is 19.4. The fraction of sp³-hybridized carbons (Fsp3) is 0.429. The molecule has 1 spiro atoms. The molecule has 2 aromatic heterocycles. The number of hydrogen-bond donors (Lipinski definition) is 3. The van der Waals surface area contributed by atoms with Crippen molar-refractivity contribution in [1.29, 1.82) is 0 Å². The third-order valence-electron chi connectivity index (χ3n) is 7.71. The first-order valence-electron chi connectivity index (χ1n) is 13.3. The van der Waals surface area contributed by atoms with Crippen LogP contribution in [-0.2, 0) is 4.79 Å². The summed E-state index contributed by atoms with van der Waals surface area (Å²) >= 11 is 0. The predicted octanol–water partition coefficient (Wildman–Crippen LogP) is 4.30. The first-order valence-corrected chi connectivity index (χ1v) is 13.3. The Bertz CT molecular complexity index is 1450. The number of ether oxygens (including phenoxy) is 1. The van der Waals surface area contributed by atoms with E-state index >= 15 is 0 Å². The zero-order chi connectivity index (χ0) is 29.4. The normalized spacial score (nSPS) is 19.6. The Labute approximate surface area is 235 Å². The standard InChI is InChI=1S/C28H32F3N7O3/c1-3-4-18-5-6-21(38-10-7-17(2)36-38)19(13-18)24(28(29,30)31)41-23-14-22(34-26(32)35-23)37-11-8-27(9-12-37)15-20(25(39)40)33-16-27/h3-7,10,13-14,20,24,33H,8-9,11-12,15-16H2,1-2H3,(H,39,40)(H2,32,34,35)/b4-3+/t20?,24-/m1/s1. The molecule has 0 aliphatic carbocycles. The van der Waals surface area contributed by atoms with Gasteiger partial charge in [-0.25, -0.2) is 4.68 Å². The Morgan fingerprint density at radius 3 is 2.61 bits per heavy atom. The van der Waals surface area contributed by atoms with E-state index < -0.39 is 24.3 Å². The summed E-state index contributed by atoms with van der Waals surface area (Å²) in [6.07, 6.45) is -0.163. The lowest BCUT2D eigenvalue weighted by atomic mass is 9.76. The van der Waals surface area contributed by atoms with Crippen LogP contribution in [0.3, 0.4) is 0 Å². The second-order valence-electron chi connectivity index (χ2n) is 10.6. The number of nitrogen functional groups attached to an aromatic ring is 1. The molecule has 0 saturated carbocycles. The lowest BCUT2D eigenvalue weighted by molar-refractivity contribution is -0.198. The number of carbonyl (C=O) groups is 1. The zero-order valence-corrected chi connectivity index (χ0v) is 22.7. The van der Waals surface area contributed by atoms with Gasteiger partial charge in [-0.05, 0) is 62.3 Å². The van der Waals surface area contributed by atoms with Crippen molar-refractivity contribution in [3.8, 4) is 11.6 Å². The van der Waals surface area contributed by atoms with Gasteiger partial charge >= 0.3 is 12.1 Å². The number of carboxylic acids is 1. The number of aryl methyl sites for hydroxylation is 1. The Kier molecular flexibility index (Phi) is 7.64. The number of carboxylic acid groups (broad SMARTS) is 1. The number of aliphatic carboxylic acids is 1. The van der Waals surface area contributed by atoms with E-state index in [1.165, 1.54) is 16.8 Å². The molecule has 218 valence electrons. The van der Waals surface area contributed by atoms with Crippen molar-refractivity contribution in [2.75, 3.05) is 30.3 Å². The highest BCUT2D eigenvalue weighted by Gasteiger charge is 2.46. The number of alkyl halides is 3. The minimum Gasteiger partial charge on any atom is -0.480 e. The van der Waals surface area contributed by atoms with Crippen LogP contribution in [-0.4, -0.2) is 62.7 Å². The molecule has 0 bridgehead atoms. The Morgan fingerprint density at radius 1 is 1.24 bits per heavy atom. The van der Waals surface area contributed by atoms with Crippen LogP contribution in [0.25, 0.3) is 11.8 Å². The van der Waals surface area contributed by atoms with Crippen molar-refractivity contribution in [2.24, 2.45) is 5.41 Å². The molecule has 4 heterocycles. The van der Waals surface area contributed by atoms with Gasteiger partial charge in [-0.3, -0.25) is 4.79 Å². The van der Waals surface area contributed by atoms with Crippen LogP contribution < -0.4 is 20.7 Å². The smallest absolute Gasteiger partial charge is 0.429 e. The first kappa shape index (κ1) is 28.4. The van der Waals surface area contributed by atoms with Gasteiger partial charge in [0.25, 0.3) is 0 Å². The van der Waals surface area contributed by atoms with Crippen molar-refractivity contribution < 1.29 is 27.8 Å². The van der Waals surface area contributed by atoms with Gasteiger partial charge in [-0.15, -0.1) is 0 Å². The second kappa shape index (κ2) is 11.0.